The van der Waals surface area contributed by atoms with Crippen LogP contribution in [0, 0.1) is 11.6 Å². The summed E-state index contributed by atoms with van der Waals surface area (Å²) in [7, 11) is 4.26. The number of hydrogen-bond acceptors (Lipinski definition) is 8. The first-order valence-electron chi connectivity index (χ1n) is 17.9. The van der Waals surface area contributed by atoms with Gasteiger partial charge in [0.05, 0.1) is 11.4 Å². The van der Waals surface area contributed by atoms with Crippen LogP contribution in [0.4, 0.5) is 20.2 Å². The van der Waals surface area contributed by atoms with Gasteiger partial charge in [-0.2, -0.15) is 0 Å². The summed E-state index contributed by atoms with van der Waals surface area (Å²) in [6.45, 7) is 6.43. The third kappa shape index (κ3) is 7.27. The van der Waals surface area contributed by atoms with Crippen LogP contribution in [0.15, 0.2) is 109 Å². The van der Waals surface area contributed by atoms with Crippen molar-refractivity contribution in [2.75, 3.05) is 76.3 Å². The molecule has 0 radical (unpaired) electrons. The fraction of sp³-hybridized carbons (Fsp3) is 0.300. The van der Waals surface area contributed by atoms with Gasteiger partial charge in [0, 0.05) is 107 Å². The average Bonchev–Trinajstić information content (AvgIpc) is 3.73. The van der Waals surface area contributed by atoms with E-state index >= 15 is 0 Å². The van der Waals surface area contributed by atoms with E-state index < -0.39 is 12.3 Å². The molecular weight excluding hydrogens is 772 g/mol. The Morgan fingerprint density at radius 3 is 1.17 bits per heavy atom. The van der Waals surface area contributed by atoms with Crippen molar-refractivity contribution in [1.82, 2.24) is 29.8 Å². The van der Waals surface area contributed by atoms with E-state index in [1.54, 1.807) is 36.4 Å². The zero-order chi connectivity index (χ0) is 37.7. The molecule has 2 unspecified atom stereocenters. The summed E-state index contributed by atoms with van der Waals surface area (Å²) in [5.74, 6) is -0.645. The highest BCUT2D eigenvalue weighted by Crippen LogP contribution is 2.50. The molecule has 4 aliphatic heterocycles. The molecule has 4 heterocycles. The Morgan fingerprint density at radius 2 is 0.833 bits per heavy atom. The maximum Gasteiger partial charge on any atom is 0.148 e. The molecule has 4 aliphatic rings. The van der Waals surface area contributed by atoms with E-state index in [0.29, 0.717) is 20.1 Å². The second-order valence-corrected chi connectivity index (χ2v) is 15.8. The second kappa shape index (κ2) is 15.5. The molecule has 4 aromatic rings. The number of hydrogen-bond donors (Lipinski definition) is 0. The van der Waals surface area contributed by atoms with Gasteiger partial charge in [0.1, 0.15) is 24.0 Å². The molecule has 0 aliphatic carbocycles. The standard InChI is InChI=1S/C40H40Cl4F2N8/c1-47-15-19-49(20-16-47)53-37(25-51(31-9-5-29(45)6-10-31)39(53)33-13-3-27(41)23-35(33)43)38-26-52(32-11-7-30(46)8-12-32)40(34-14-4-28(42)24-36(34)44)54(38)50-21-17-48(2)18-22-50/h3-14,23-26,39-40H,15-22H2,1-2H3. The Hall–Kier alpha value is -3.58. The lowest BCUT2D eigenvalue weighted by atomic mass is 10.1. The molecule has 282 valence electrons. The average molecular weight is 813 g/mol. The van der Waals surface area contributed by atoms with Crippen LogP contribution in [0.5, 0.6) is 0 Å². The molecule has 14 heteroatoms. The Kier molecular flexibility index (Phi) is 10.7. The maximum absolute atomic E-state index is 14.4. The summed E-state index contributed by atoms with van der Waals surface area (Å²) in [5.41, 5.74) is 5.07. The number of piperazine rings is 2. The zero-order valence-electron chi connectivity index (χ0n) is 29.9. The minimum atomic E-state index is -0.452. The molecule has 2 saturated heterocycles. The summed E-state index contributed by atoms with van der Waals surface area (Å²) in [4.78, 5) is 8.93. The van der Waals surface area contributed by atoms with E-state index in [1.165, 1.54) is 24.3 Å². The quantitative estimate of drug-likeness (QED) is 0.183. The van der Waals surface area contributed by atoms with Crippen LogP contribution in [-0.2, 0) is 0 Å². The number of likely N-dealkylation sites (N-methyl/N-ethyl adjacent to an activating group) is 2. The van der Waals surface area contributed by atoms with Gasteiger partial charge in [-0.3, -0.25) is 10.0 Å². The molecular formula is C40H40Cl4F2N8. The Balaban J connectivity index is 1.36. The number of anilines is 2. The number of halogens is 6. The van der Waals surface area contributed by atoms with Crippen LogP contribution >= 0.6 is 46.4 Å². The van der Waals surface area contributed by atoms with E-state index in [0.717, 1.165) is 86.3 Å². The van der Waals surface area contributed by atoms with E-state index in [2.05, 4.69) is 66.1 Å². The normalized spacial score (nSPS) is 22.0. The maximum atomic E-state index is 14.4. The van der Waals surface area contributed by atoms with Crippen molar-refractivity contribution in [3.8, 4) is 0 Å². The van der Waals surface area contributed by atoms with Crippen molar-refractivity contribution < 1.29 is 8.78 Å². The molecule has 4 aromatic carbocycles. The second-order valence-electron chi connectivity index (χ2n) is 14.1. The topological polar surface area (TPSA) is 25.9 Å². The van der Waals surface area contributed by atoms with Crippen LogP contribution in [0.25, 0.3) is 0 Å². The molecule has 0 N–H and O–H groups in total. The summed E-state index contributed by atoms with van der Waals surface area (Å²) in [6.07, 6.45) is 3.35. The lowest BCUT2D eigenvalue weighted by Gasteiger charge is -2.48. The lowest BCUT2D eigenvalue weighted by Crippen LogP contribution is -2.56. The third-order valence-electron chi connectivity index (χ3n) is 10.6. The van der Waals surface area contributed by atoms with Crippen LogP contribution in [-0.4, -0.2) is 96.3 Å². The van der Waals surface area contributed by atoms with Crippen LogP contribution in [0.3, 0.4) is 0 Å². The van der Waals surface area contributed by atoms with Crippen molar-refractivity contribution in [1.29, 1.82) is 0 Å². The van der Waals surface area contributed by atoms with Crippen molar-refractivity contribution >= 4 is 57.8 Å². The third-order valence-corrected chi connectivity index (χ3v) is 11.7. The van der Waals surface area contributed by atoms with Gasteiger partial charge < -0.3 is 19.6 Å². The first-order valence-corrected chi connectivity index (χ1v) is 19.4. The number of rotatable bonds is 7. The molecule has 0 bridgehead atoms. The SMILES string of the molecule is CN1CCN(N2C(C3=CN(c4ccc(F)cc4)C(c4ccc(Cl)cc4Cl)N3N3CCN(C)CC3)=CN(c3ccc(F)cc3)C2c2ccc(Cl)cc2Cl)CC1. The molecule has 0 amide bonds. The molecule has 8 rings (SSSR count). The highest BCUT2D eigenvalue weighted by Gasteiger charge is 2.48. The van der Waals surface area contributed by atoms with E-state index in [1.807, 2.05) is 24.3 Å². The van der Waals surface area contributed by atoms with Crippen LogP contribution < -0.4 is 9.80 Å². The molecule has 8 nitrogen and oxygen atoms in total. The van der Waals surface area contributed by atoms with Gasteiger partial charge in [-0.1, -0.05) is 58.5 Å². The minimum absolute atomic E-state index is 0.323. The van der Waals surface area contributed by atoms with E-state index in [9.17, 15) is 8.78 Å². The fourth-order valence-electron chi connectivity index (χ4n) is 7.67. The van der Waals surface area contributed by atoms with Crippen LogP contribution in [0.1, 0.15) is 23.5 Å². The zero-order valence-corrected chi connectivity index (χ0v) is 32.9. The highest BCUT2D eigenvalue weighted by molar-refractivity contribution is 6.35. The van der Waals surface area contributed by atoms with Crippen LogP contribution in [0.2, 0.25) is 20.1 Å². The molecule has 0 spiro atoms. The summed E-state index contributed by atoms with van der Waals surface area (Å²) in [5, 5.41) is 11.5. The Labute approximate surface area is 335 Å². The van der Waals surface area contributed by atoms with Crippen molar-refractivity contribution in [2.45, 2.75) is 12.3 Å². The van der Waals surface area contributed by atoms with Crippen molar-refractivity contribution in [2.24, 2.45) is 0 Å². The van der Waals surface area contributed by atoms with E-state index in [4.69, 9.17) is 46.4 Å². The van der Waals surface area contributed by atoms with Gasteiger partial charge >= 0.3 is 0 Å². The molecule has 0 saturated carbocycles. The predicted octanol–water partition coefficient (Wildman–Crippen LogP) is 8.93. The number of benzene rings is 4. The van der Waals surface area contributed by atoms with Gasteiger partial charge in [-0.05, 0) is 86.9 Å². The van der Waals surface area contributed by atoms with Gasteiger partial charge in [0.15, 0.2) is 0 Å². The summed E-state index contributed by atoms with van der Waals surface area (Å²) < 4.78 is 28.9. The highest BCUT2D eigenvalue weighted by atomic mass is 35.5. The molecule has 0 aromatic heterocycles. The smallest absolute Gasteiger partial charge is 0.148 e. The first kappa shape index (κ1) is 37.3. The first-order chi connectivity index (χ1) is 26.0. The summed E-state index contributed by atoms with van der Waals surface area (Å²) in [6, 6.07) is 24.2. The van der Waals surface area contributed by atoms with Crippen molar-refractivity contribution in [3.63, 3.8) is 0 Å². The Morgan fingerprint density at radius 1 is 0.481 bits per heavy atom. The van der Waals surface area contributed by atoms with Gasteiger partial charge in [-0.15, -0.1) is 0 Å². The Bertz CT molecular complexity index is 1900. The largest absolute Gasteiger partial charge is 0.320 e. The lowest BCUT2D eigenvalue weighted by molar-refractivity contribution is -0.0699. The minimum Gasteiger partial charge on any atom is -0.320 e. The molecule has 2 atom stereocenters. The predicted molar refractivity (Wildman–Crippen MR) is 214 cm³/mol. The fourth-order valence-corrected chi connectivity index (χ4v) is 8.68. The van der Waals surface area contributed by atoms with Gasteiger partial charge in [0.25, 0.3) is 0 Å². The summed E-state index contributed by atoms with van der Waals surface area (Å²) >= 11 is 27.1. The number of nitrogens with zero attached hydrogens (tertiary/aromatic N) is 8. The monoisotopic (exact) mass is 810 g/mol. The van der Waals surface area contributed by atoms with Crippen molar-refractivity contribution in [3.05, 3.63) is 152 Å². The molecule has 2 fully saturated rings. The number of hydrazine groups is 2. The van der Waals surface area contributed by atoms with Gasteiger partial charge in [-0.25, -0.2) is 18.8 Å². The van der Waals surface area contributed by atoms with E-state index in [-0.39, 0.29) is 11.6 Å². The molecule has 54 heavy (non-hydrogen) atoms. The van der Waals surface area contributed by atoms with Gasteiger partial charge in [0.2, 0.25) is 0 Å².